The van der Waals surface area contributed by atoms with E-state index >= 15 is 0 Å². The lowest BCUT2D eigenvalue weighted by Gasteiger charge is -2.07. The summed E-state index contributed by atoms with van der Waals surface area (Å²) in [6.45, 7) is 0.647. The maximum atomic E-state index is 12.0. The van der Waals surface area contributed by atoms with Crippen LogP contribution < -0.4 is 5.32 Å². The Hall–Kier alpha value is -3.29. The summed E-state index contributed by atoms with van der Waals surface area (Å²) < 4.78 is 10.3. The predicted molar refractivity (Wildman–Crippen MR) is 80.5 cm³/mol. The number of hydrogen-bond acceptors (Lipinski definition) is 8. The van der Waals surface area contributed by atoms with Gasteiger partial charge in [-0.05, 0) is 30.3 Å². The van der Waals surface area contributed by atoms with Crippen LogP contribution in [0.25, 0.3) is 11.5 Å². The average Bonchev–Trinajstić information content (AvgIpc) is 3.14. The number of anilines is 1. The molecule has 0 amide bonds. The number of carbonyl (C=O) groups is 1. The Morgan fingerprint density at radius 3 is 2.91 bits per heavy atom. The number of benzene rings is 1. The standard InChI is InChI=1S/C15H13N5O3/c21-15(22-8-7-16-13-5-2-6-17-19-13)12-4-1-3-11(9-12)14-20-18-10-23-14/h1-6,9-10H,7-8H2,(H,16,19). The molecule has 8 nitrogen and oxygen atoms in total. The largest absolute Gasteiger partial charge is 0.460 e. The summed E-state index contributed by atoms with van der Waals surface area (Å²) in [5.41, 5.74) is 1.08. The lowest BCUT2D eigenvalue weighted by molar-refractivity contribution is 0.0520. The van der Waals surface area contributed by atoms with Crippen molar-refractivity contribution in [2.75, 3.05) is 18.5 Å². The van der Waals surface area contributed by atoms with Gasteiger partial charge in [-0.25, -0.2) is 4.79 Å². The molecule has 0 radical (unpaired) electrons. The van der Waals surface area contributed by atoms with E-state index in [1.807, 2.05) is 0 Å². The van der Waals surface area contributed by atoms with E-state index in [0.717, 1.165) is 0 Å². The topological polar surface area (TPSA) is 103 Å². The quantitative estimate of drug-likeness (QED) is 0.543. The van der Waals surface area contributed by atoms with Gasteiger partial charge < -0.3 is 14.5 Å². The zero-order chi connectivity index (χ0) is 15.9. The Balaban J connectivity index is 1.53. The first-order valence-corrected chi connectivity index (χ1v) is 6.88. The maximum absolute atomic E-state index is 12.0. The van der Waals surface area contributed by atoms with Gasteiger partial charge in [-0.1, -0.05) is 6.07 Å². The van der Waals surface area contributed by atoms with Crippen LogP contribution in [0.4, 0.5) is 5.82 Å². The van der Waals surface area contributed by atoms with E-state index in [9.17, 15) is 4.79 Å². The summed E-state index contributed by atoms with van der Waals surface area (Å²) in [7, 11) is 0. The van der Waals surface area contributed by atoms with E-state index in [0.29, 0.717) is 29.4 Å². The first-order chi connectivity index (χ1) is 11.3. The van der Waals surface area contributed by atoms with Gasteiger partial charge in [-0.2, -0.15) is 5.10 Å². The third kappa shape index (κ3) is 3.88. The van der Waals surface area contributed by atoms with E-state index in [2.05, 4.69) is 25.7 Å². The van der Waals surface area contributed by atoms with Crippen LogP contribution in [0.3, 0.4) is 0 Å². The number of aromatic nitrogens is 4. The highest BCUT2D eigenvalue weighted by molar-refractivity contribution is 5.90. The van der Waals surface area contributed by atoms with Gasteiger partial charge in [0.15, 0.2) is 0 Å². The lowest BCUT2D eigenvalue weighted by atomic mass is 10.1. The van der Waals surface area contributed by atoms with Crippen molar-refractivity contribution in [1.82, 2.24) is 20.4 Å². The van der Waals surface area contributed by atoms with Crippen LogP contribution in [0.2, 0.25) is 0 Å². The van der Waals surface area contributed by atoms with Gasteiger partial charge in [0.2, 0.25) is 12.3 Å². The van der Waals surface area contributed by atoms with Crippen molar-refractivity contribution >= 4 is 11.8 Å². The molecule has 0 unspecified atom stereocenters. The first-order valence-electron chi connectivity index (χ1n) is 6.88. The Labute approximate surface area is 131 Å². The molecule has 0 aliphatic heterocycles. The normalized spacial score (nSPS) is 10.3. The molecule has 0 saturated carbocycles. The van der Waals surface area contributed by atoms with Gasteiger partial charge >= 0.3 is 5.97 Å². The van der Waals surface area contributed by atoms with E-state index in [1.165, 1.54) is 6.39 Å². The average molecular weight is 311 g/mol. The molecular formula is C15H13N5O3. The minimum atomic E-state index is -0.424. The molecule has 8 heteroatoms. The minimum absolute atomic E-state index is 0.209. The fraction of sp³-hybridized carbons (Fsp3) is 0.133. The molecule has 3 aromatic rings. The lowest BCUT2D eigenvalue weighted by Crippen LogP contribution is -2.14. The van der Waals surface area contributed by atoms with E-state index < -0.39 is 5.97 Å². The van der Waals surface area contributed by atoms with E-state index in [-0.39, 0.29) is 6.61 Å². The fourth-order valence-electron chi connectivity index (χ4n) is 1.88. The Kier molecular flexibility index (Phi) is 4.53. The molecule has 0 spiro atoms. The van der Waals surface area contributed by atoms with Crippen LogP contribution in [0.1, 0.15) is 10.4 Å². The number of nitrogens with zero attached hydrogens (tertiary/aromatic N) is 4. The molecule has 2 aromatic heterocycles. The van der Waals surface area contributed by atoms with Gasteiger partial charge in [-0.15, -0.1) is 15.3 Å². The third-order valence-corrected chi connectivity index (χ3v) is 2.92. The second kappa shape index (κ2) is 7.12. The number of carbonyl (C=O) groups excluding carboxylic acids is 1. The molecule has 1 aromatic carbocycles. The highest BCUT2D eigenvalue weighted by atomic mass is 16.5. The van der Waals surface area contributed by atoms with Crippen molar-refractivity contribution in [2.24, 2.45) is 0 Å². The molecule has 0 aliphatic carbocycles. The summed E-state index contributed by atoms with van der Waals surface area (Å²) in [6, 6.07) is 10.4. The molecule has 0 bridgehead atoms. The number of rotatable bonds is 6. The molecule has 0 aliphatic rings. The summed E-state index contributed by atoms with van der Waals surface area (Å²) >= 11 is 0. The van der Waals surface area contributed by atoms with Crippen molar-refractivity contribution in [1.29, 1.82) is 0 Å². The van der Waals surface area contributed by atoms with Crippen molar-refractivity contribution < 1.29 is 13.9 Å². The van der Waals surface area contributed by atoms with E-state index in [4.69, 9.17) is 9.15 Å². The van der Waals surface area contributed by atoms with Gasteiger partial charge in [-0.3, -0.25) is 0 Å². The monoisotopic (exact) mass is 311 g/mol. The minimum Gasteiger partial charge on any atom is -0.460 e. The molecule has 0 saturated heterocycles. The maximum Gasteiger partial charge on any atom is 0.338 e. The van der Waals surface area contributed by atoms with Crippen molar-refractivity contribution in [3.63, 3.8) is 0 Å². The highest BCUT2D eigenvalue weighted by Gasteiger charge is 2.10. The van der Waals surface area contributed by atoms with E-state index in [1.54, 1.807) is 42.6 Å². The fourth-order valence-corrected chi connectivity index (χ4v) is 1.88. The molecule has 0 fully saturated rings. The Morgan fingerprint density at radius 1 is 1.17 bits per heavy atom. The molecule has 1 N–H and O–H groups in total. The second-order valence-electron chi connectivity index (χ2n) is 4.50. The van der Waals surface area contributed by atoms with Crippen LogP contribution in [-0.4, -0.2) is 39.5 Å². The Morgan fingerprint density at radius 2 is 2.13 bits per heavy atom. The third-order valence-electron chi connectivity index (χ3n) is 2.92. The van der Waals surface area contributed by atoms with Crippen LogP contribution in [0.15, 0.2) is 53.4 Å². The summed E-state index contributed by atoms with van der Waals surface area (Å²) in [4.78, 5) is 12.0. The zero-order valence-corrected chi connectivity index (χ0v) is 12.0. The summed E-state index contributed by atoms with van der Waals surface area (Å²) in [5, 5.41) is 18.0. The van der Waals surface area contributed by atoms with Gasteiger partial charge in [0.25, 0.3) is 0 Å². The number of hydrogen-bond donors (Lipinski definition) is 1. The molecule has 3 rings (SSSR count). The zero-order valence-electron chi connectivity index (χ0n) is 12.0. The molecular weight excluding hydrogens is 298 g/mol. The van der Waals surface area contributed by atoms with Crippen LogP contribution in [-0.2, 0) is 4.74 Å². The van der Waals surface area contributed by atoms with Crippen LogP contribution >= 0.6 is 0 Å². The van der Waals surface area contributed by atoms with Crippen molar-refractivity contribution in [3.8, 4) is 11.5 Å². The smallest absolute Gasteiger partial charge is 0.338 e. The molecule has 23 heavy (non-hydrogen) atoms. The SMILES string of the molecule is O=C(OCCNc1cccnn1)c1cccc(-c2nnco2)c1. The number of ether oxygens (including phenoxy) is 1. The van der Waals surface area contributed by atoms with Crippen LogP contribution in [0, 0.1) is 0 Å². The highest BCUT2D eigenvalue weighted by Crippen LogP contribution is 2.17. The second-order valence-corrected chi connectivity index (χ2v) is 4.50. The summed E-state index contributed by atoms with van der Waals surface area (Å²) in [6.07, 6.45) is 2.82. The molecule has 116 valence electrons. The van der Waals surface area contributed by atoms with Gasteiger partial charge in [0.05, 0.1) is 12.1 Å². The van der Waals surface area contributed by atoms with Crippen molar-refractivity contribution in [2.45, 2.75) is 0 Å². The summed E-state index contributed by atoms with van der Waals surface area (Å²) in [5.74, 6) is 0.554. The van der Waals surface area contributed by atoms with Crippen LogP contribution in [0.5, 0.6) is 0 Å². The predicted octanol–water partition coefficient (Wildman–Crippen LogP) is 1.80. The number of esters is 1. The van der Waals surface area contributed by atoms with Crippen molar-refractivity contribution in [3.05, 3.63) is 54.6 Å². The Bertz CT molecular complexity index is 762. The van der Waals surface area contributed by atoms with Gasteiger partial charge in [0, 0.05) is 11.8 Å². The molecule has 0 atom stereocenters. The molecule has 2 heterocycles. The number of nitrogens with one attached hydrogen (secondary N) is 1. The van der Waals surface area contributed by atoms with Gasteiger partial charge in [0.1, 0.15) is 12.4 Å². The first kappa shape index (κ1) is 14.6.